The van der Waals surface area contributed by atoms with Crippen molar-refractivity contribution in [2.24, 2.45) is 0 Å². The van der Waals surface area contributed by atoms with Crippen molar-refractivity contribution >= 4 is 79.6 Å². The average molecular weight is 924 g/mol. The van der Waals surface area contributed by atoms with Crippen molar-refractivity contribution < 1.29 is 39.3 Å². The van der Waals surface area contributed by atoms with Crippen LogP contribution in [0.2, 0.25) is 0 Å². The summed E-state index contributed by atoms with van der Waals surface area (Å²) in [6.07, 6.45) is 11.0. The van der Waals surface area contributed by atoms with Crippen LogP contribution in [0.3, 0.4) is 0 Å². The SMILES string of the molecule is C#CC#CC#C.Nc1ccc(NC(=O)c2cccc(Nc3ccccc3)c2)cc1.O=C(Nc1ccc(Nc2ccnc3cc([N+](=O)[O-])ccc23)cc1)c1cccc(Nc2ccccc2)c1.[Cl-].[Cl-]. The molecule has 0 radical (unpaired) electrons. The Morgan fingerprint density at radius 3 is 1.45 bits per heavy atom. The van der Waals surface area contributed by atoms with Gasteiger partial charge in [0.15, 0.2) is 0 Å². The lowest BCUT2D eigenvalue weighted by Gasteiger charge is -2.11. The lowest BCUT2D eigenvalue weighted by molar-refractivity contribution is -0.384. The van der Waals surface area contributed by atoms with Gasteiger partial charge in [-0.2, -0.15) is 0 Å². The Hall–Kier alpha value is -9.25. The van der Waals surface area contributed by atoms with E-state index in [4.69, 9.17) is 18.6 Å². The Labute approximate surface area is 400 Å². The maximum Gasteiger partial charge on any atom is 0.271 e. The second kappa shape index (κ2) is 25.8. The van der Waals surface area contributed by atoms with Crippen molar-refractivity contribution in [1.82, 2.24) is 4.98 Å². The zero-order chi connectivity index (χ0) is 45.8. The number of benzene rings is 7. The predicted molar refractivity (Wildman–Crippen MR) is 263 cm³/mol. The van der Waals surface area contributed by atoms with Crippen LogP contribution in [0, 0.1) is 46.6 Å². The highest BCUT2D eigenvalue weighted by atomic mass is 35.5. The Kier molecular flexibility index (Phi) is 19.4. The Morgan fingerprint density at radius 1 is 0.522 bits per heavy atom. The molecule has 0 saturated carbocycles. The summed E-state index contributed by atoms with van der Waals surface area (Å²) < 4.78 is 0. The summed E-state index contributed by atoms with van der Waals surface area (Å²) in [5.74, 6) is 8.23. The van der Waals surface area contributed by atoms with E-state index in [0.717, 1.165) is 39.5 Å². The van der Waals surface area contributed by atoms with Crippen molar-refractivity contribution in [1.29, 1.82) is 0 Å². The summed E-state index contributed by atoms with van der Waals surface area (Å²) in [5, 5.41) is 27.5. The van der Waals surface area contributed by atoms with Gasteiger partial charge in [-0.05, 0) is 145 Å². The van der Waals surface area contributed by atoms with Crippen LogP contribution in [0.25, 0.3) is 10.9 Å². The number of amides is 2. The van der Waals surface area contributed by atoms with Gasteiger partial charge < -0.3 is 57.1 Å². The highest BCUT2D eigenvalue weighted by molar-refractivity contribution is 6.06. The van der Waals surface area contributed by atoms with Crippen molar-refractivity contribution in [2.45, 2.75) is 0 Å². The Morgan fingerprint density at radius 2 is 0.970 bits per heavy atom. The second-order valence-corrected chi connectivity index (χ2v) is 13.7. The highest BCUT2D eigenvalue weighted by Crippen LogP contribution is 2.29. The van der Waals surface area contributed by atoms with Gasteiger partial charge in [-0.1, -0.05) is 48.5 Å². The molecule has 0 atom stereocenters. The zero-order valence-corrected chi connectivity index (χ0v) is 36.9. The van der Waals surface area contributed by atoms with Gasteiger partial charge in [-0.15, -0.1) is 12.8 Å². The quantitative estimate of drug-likeness (QED) is 0.0429. The molecule has 0 saturated heterocycles. The molecule has 8 rings (SSSR count). The molecule has 67 heavy (non-hydrogen) atoms. The highest BCUT2D eigenvalue weighted by Gasteiger charge is 2.11. The minimum atomic E-state index is -0.440. The topological polar surface area (TPSA) is 176 Å². The first-order valence-electron chi connectivity index (χ1n) is 19.8. The largest absolute Gasteiger partial charge is 1.00 e. The molecule has 1 aromatic heterocycles. The van der Waals surface area contributed by atoms with E-state index in [1.54, 1.807) is 72.9 Å². The van der Waals surface area contributed by atoms with Crippen molar-refractivity contribution in [3.8, 4) is 36.5 Å². The van der Waals surface area contributed by atoms with Crippen LogP contribution in [-0.2, 0) is 0 Å². The number of nitro groups is 1. The molecule has 0 aliphatic rings. The number of halogens is 2. The number of aromatic nitrogens is 1. The molecule has 7 N–H and O–H groups in total. The average Bonchev–Trinajstić information content (AvgIpc) is 3.33. The van der Waals surface area contributed by atoms with E-state index >= 15 is 0 Å². The summed E-state index contributed by atoms with van der Waals surface area (Å²) in [7, 11) is 0. The zero-order valence-electron chi connectivity index (χ0n) is 35.4. The molecule has 7 aromatic carbocycles. The van der Waals surface area contributed by atoms with Crippen LogP contribution < -0.4 is 57.1 Å². The number of nitrogens with two attached hydrogens (primary N) is 1. The monoisotopic (exact) mass is 922 g/mol. The maximum absolute atomic E-state index is 12.8. The van der Waals surface area contributed by atoms with Gasteiger partial charge in [0.05, 0.1) is 10.4 Å². The molecule has 14 heteroatoms. The first-order chi connectivity index (χ1) is 31.7. The van der Waals surface area contributed by atoms with Gasteiger partial charge in [0.1, 0.15) is 0 Å². The molecule has 12 nitrogen and oxygen atoms in total. The van der Waals surface area contributed by atoms with Crippen LogP contribution in [0.15, 0.2) is 188 Å². The van der Waals surface area contributed by atoms with E-state index in [2.05, 4.69) is 55.2 Å². The van der Waals surface area contributed by atoms with Crippen LogP contribution in [0.4, 0.5) is 56.9 Å². The van der Waals surface area contributed by atoms with E-state index in [0.29, 0.717) is 33.7 Å². The molecule has 0 bridgehead atoms. The third kappa shape index (κ3) is 15.5. The Bertz CT molecular complexity index is 3060. The maximum atomic E-state index is 12.8. The van der Waals surface area contributed by atoms with Crippen LogP contribution >= 0.6 is 0 Å². The van der Waals surface area contributed by atoms with Gasteiger partial charge >= 0.3 is 0 Å². The van der Waals surface area contributed by atoms with E-state index in [1.165, 1.54) is 12.1 Å². The molecule has 2 amide bonds. The molecule has 8 aromatic rings. The summed E-state index contributed by atoms with van der Waals surface area (Å²) in [5.41, 5.74) is 14.5. The number of fused-ring (bicyclic) bond motifs is 1. The lowest BCUT2D eigenvalue weighted by Crippen LogP contribution is -3.00. The molecule has 0 unspecified atom stereocenters. The normalized spacial score (nSPS) is 9.40. The van der Waals surface area contributed by atoms with Crippen molar-refractivity contribution in [2.75, 3.05) is 32.3 Å². The number of nitrogens with zero attached hydrogens (tertiary/aromatic N) is 2. The number of carbonyl (C=O) groups is 2. The minimum Gasteiger partial charge on any atom is -1.00 e. The number of non-ortho nitro benzene ring substituents is 1. The van der Waals surface area contributed by atoms with Gasteiger partial charge in [0, 0.05) is 86.0 Å². The number of para-hydroxylation sites is 2. The number of nitrogens with one attached hydrogen (secondary N) is 5. The molecule has 0 fully saturated rings. The molecule has 1 heterocycles. The first kappa shape index (κ1) is 50.4. The summed E-state index contributed by atoms with van der Waals surface area (Å²) in [6.45, 7) is 0. The minimum absolute atomic E-state index is 0. The lowest BCUT2D eigenvalue weighted by atomic mass is 10.1. The standard InChI is InChI=1S/C28H21N5O3.C19H17N3O.C6H2.2ClH/c34-28(19-5-4-8-23(17-19)30-20-6-2-1-3-7-20)32-22-11-9-21(10-12-22)31-26-15-16-29-27-18-24(33(35)36)13-14-25(26)27;20-15-9-11-17(12-10-15)22-19(23)14-5-4-8-18(13-14)21-16-6-2-1-3-7-16;1-3-5-6-4-2;;/h1-18,30H,(H,29,31)(H,32,34);1-13,21H,20H2,(H,22,23);1-2H;2*1H/p-2. The summed E-state index contributed by atoms with van der Waals surface area (Å²) in [6, 6.07) is 55.0. The molecular formula is C53H40Cl2N8O4-2. The number of pyridine rings is 1. The van der Waals surface area contributed by atoms with Crippen LogP contribution in [0.1, 0.15) is 20.7 Å². The van der Waals surface area contributed by atoms with E-state index in [9.17, 15) is 19.7 Å². The number of carbonyl (C=O) groups excluding carboxylic acids is 2. The van der Waals surface area contributed by atoms with Crippen LogP contribution in [0.5, 0.6) is 0 Å². The number of nitrogen functional groups attached to an aromatic ring is 1. The van der Waals surface area contributed by atoms with E-state index < -0.39 is 4.92 Å². The molecule has 332 valence electrons. The van der Waals surface area contributed by atoms with Gasteiger partial charge in [-0.25, -0.2) is 0 Å². The third-order valence-corrected chi connectivity index (χ3v) is 9.11. The van der Waals surface area contributed by atoms with Crippen LogP contribution in [-0.4, -0.2) is 21.7 Å². The summed E-state index contributed by atoms with van der Waals surface area (Å²) in [4.78, 5) is 40.0. The number of terminal acetylenes is 2. The number of rotatable bonds is 11. The smallest absolute Gasteiger partial charge is 0.271 e. The second-order valence-electron chi connectivity index (χ2n) is 13.7. The molecular weight excluding hydrogens is 884 g/mol. The fourth-order valence-electron chi connectivity index (χ4n) is 6.05. The molecule has 0 aliphatic heterocycles. The molecule has 0 spiro atoms. The van der Waals surface area contributed by atoms with E-state index in [-0.39, 0.29) is 42.3 Å². The third-order valence-electron chi connectivity index (χ3n) is 9.11. The number of hydrogen-bond donors (Lipinski definition) is 6. The van der Waals surface area contributed by atoms with Gasteiger partial charge in [-0.3, -0.25) is 24.7 Å². The Balaban J connectivity index is 0.000000272. The fraction of sp³-hybridized carbons (Fsp3) is 0. The molecule has 0 aliphatic carbocycles. The number of anilines is 9. The fourth-order valence-corrected chi connectivity index (χ4v) is 6.05. The predicted octanol–water partition coefficient (Wildman–Crippen LogP) is 5.41. The number of hydrogen-bond acceptors (Lipinski definition) is 9. The van der Waals surface area contributed by atoms with E-state index in [1.807, 2.05) is 103 Å². The number of nitro benzene ring substituents is 1. The van der Waals surface area contributed by atoms with Gasteiger partial charge in [0.2, 0.25) is 0 Å². The van der Waals surface area contributed by atoms with Gasteiger partial charge in [0.25, 0.3) is 17.5 Å². The van der Waals surface area contributed by atoms with Crippen molar-refractivity contribution in [3.05, 3.63) is 209 Å². The summed E-state index contributed by atoms with van der Waals surface area (Å²) >= 11 is 0. The first-order valence-corrected chi connectivity index (χ1v) is 19.8. The van der Waals surface area contributed by atoms with Crippen molar-refractivity contribution in [3.63, 3.8) is 0 Å².